The van der Waals surface area contributed by atoms with Gasteiger partial charge in [-0.1, -0.05) is 0 Å². The number of rotatable bonds is 8. The summed E-state index contributed by atoms with van der Waals surface area (Å²) in [5.41, 5.74) is 5.43. The van der Waals surface area contributed by atoms with E-state index in [-0.39, 0.29) is 43.4 Å². The average molecular weight is 405 g/mol. The Morgan fingerprint density at radius 3 is 2.66 bits per heavy atom. The number of hydrogen-bond donors (Lipinski definition) is 3. The lowest BCUT2D eigenvalue weighted by Crippen LogP contribution is -2.49. The van der Waals surface area contributed by atoms with Gasteiger partial charge in [0.05, 0.1) is 24.3 Å². The van der Waals surface area contributed by atoms with E-state index in [1.165, 1.54) is 37.8 Å². The van der Waals surface area contributed by atoms with Gasteiger partial charge >= 0.3 is 0 Å². The molecule has 0 amide bonds. The van der Waals surface area contributed by atoms with E-state index in [9.17, 15) is 13.2 Å². The van der Waals surface area contributed by atoms with Gasteiger partial charge in [0.15, 0.2) is 5.83 Å². The van der Waals surface area contributed by atoms with Gasteiger partial charge in [0, 0.05) is 43.2 Å². The van der Waals surface area contributed by atoms with E-state index in [4.69, 9.17) is 5.73 Å². The van der Waals surface area contributed by atoms with Crippen molar-refractivity contribution in [3.05, 3.63) is 53.6 Å². The summed E-state index contributed by atoms with van der Waals surface area (Å²) in [5, 5.41) is 5.72. The topological polar surface area (TPSA) is 101 Å². The molecule has 29 heavy (non-hydrogen) atoms. The summed E-state index contributed by atoms with van der Waals surface area (Å²) in [4.78, 5) is 16.1. The van der Waals surface area contributed by atoms with Crippen LogP contribution in [0, 0.1) is 5.82 Å². The maximum atomic E-state index is 14.2. The van der Waals surface area contributed by atoms with Crippen molar-refractivity contribution in [2.45, 2.75) is 24.4 Å². The van der Waals surface area contributed by atoms with Crippen molar-refractivity contribution in [3.8, 4) is 0 Å². The van der Waals surface area contributed by atoms with Crippen molar-refractivity contribution < 1.29 is 13.2 Å². The molecule has 0 unspecified atom stereocenters. The summed E-state index contributed by atoms with van der Waals surface area (Å²) in [6.45, 7) is 0.240. The number of halogens is 3. The van der Waals surface area contributed by atoms with E-state index < -0.39 is 23.2 Å². The molecule has 1 saturated carbocycles. The molecule has 7 nitrogen and oxygen atoms in total. The first-order valence-electron chi connectivity index (χ1n) is 9.06. The molecule has 1 fully saturated rings. The molecule has 0 aromatic carbocycles. The molecule has 0 radical (unpaired) electrons. The van der Waals surface area contributed by atoms with Crippen molar-refractivity contribution in [1.29, 1.82) is 0 Å². The highest BCUT2D eigenvalue weighted by molar-refractivity contribution is 5.87. The van der Waals surface area contributed by atoms with Gasteiger partial charge in [-0.2, -0.15) is 0 Å². The molecule has 10 heteroatoms. The summed E-state index contributed by atoms with van der Waals surface area (Å²) in [6, 6.07) is 2.81. The Hall–Kier alpha value is -3.01. The van der Waals surface area contributed by atoms with E-state index in [0.717, 1.165) is 6.21 Å². The second-order valence-corrected chi connectivity index (χ2v) is 6.76. The number of allylic oxidation sites excluding steroid dienone is 1. The smallest absolute Gasteiger partial charge is 0.222 e. The zero-order valence-corrected chi connectivity index (χ0v) is 15.9. The molecule has 0 aliphatic heterocycles. The quantitative estimate of drug-likeness (QED) is 0.460. The molecule has 3 rings (SSSR count). The molecular weight excluding hydrogens is 383 g/mol. The minimum Gasteiger partial charge on any atom is -0.370 e. The van der Waals surface area contributed by atoms with Crippen molar-refractivity contribution in [3.63, 3.8) is 0 Å². The fraction of sp³-hybridized carbons (Fsp3) is 0.368. The molecule has 154 valence electrons. The van der Waals surface area contributed by atoms with Gasteiger partial charge in [-0.05, 0) is 25.0 Å². The average Bonchev–Trinajstić information content (AvgIpc) is 2.69. The first-order chi connectivity index (χ1) is 14.0. The summed E-state index contributed by atoms with van der Waals surface area (Å²) < 4.78 is 42.0. The largest absolute Gasteiger partial charge is 0.370 e. The highest BCUT2D eigenvalue weighted by atomic mass is 19.1. The van der Waals surface area contributed by atoms with E-state index in [1.807, 2.05) is 0 Å². The van der Waals surface area contributed by atoms with Crippen LogP contribution in [0.3, 0.4) is 0 Å². The normalized spacial score (nSPS) is 22.2. The third-order valence-corrected chi connectivity index (χ3v) is 4.77. The van der Waals surface area contributed by atoms with Crippen LogP contribution in [-0.4, -0.2) is 47.6 Å². The highest BCUT2D eigenvalue weighted by Gasteiger charge is 2.48. The van der Waals surface area contributed by atoms with E-state index in [0.29, 0.717) is 5.56 Å². The predicted molar refractivity (Wildman–Crippen MR) is 105 cm³/mol. The molecule has 0 atom stereocenters. The lowest BCUT2D eigenvalue weighted by Gasteiger charge is -2.43. The Balaban J connectivity index is 1.76. The lowest BCUT2D eigenvalue weighted by atomic mass is 9.65. The van der Waals surface area contributed by atoms with Gasteiger partial charge in [-0.3, -0.25) is 9.98 Å². The molecule has 0 saturated heterocycles. The minimum atomic E-state index is -1.00. The Bertz CT molecular complexity index is 893. The van der Waals surface area contributed by atoms with E-state index in [2.05, 4.69) is 30.6 Å². The number of aliphatic imine (C=N–C) groups is 1. The fourth-order valence-corrected chi connectivity index (χ4v) is 3.39. The Morgan fingerprint density at radius 1 is 1.34 bits per heavy atom. The van der Waals surface area contributed by atoms with Crippen molar-refractivity contribution in [2.75, 3.05) is 25.6 Å². The van der Waals surface area contributed by atoms with E-state index >= 15 is 0 Å². The molecule has 0 spiro atoms. The number of hydrogen-bond acceptors (Lipinski definition) is 7. The third kappa shape index (κ3) is 4.53. The molecule has 0 bridgehead atoms. The van der Waals surface area contributed by atoms with E-state index in [1.54, 1.807) is 0 Å². The maximum Gasteiger partial charge on any atom is 0.222 e. The van der Waals surface area contributed by atoms with Crippen LogP contribution in [0.25, 0.3) is 5.70 Å². The molecule has 1 aliphatic carbocycles. The van der Waals surface area contributed by atoms with Crippen molar-refractivity contribution in [2.24, 2.45) is 10.7 Å². The monoisotopic (exact) mass is 405 g/mol. The minimum absolute atomic E-state index is 0.0167. The summed E-state index contributed by atoms with van der Waals surface area (Å²) >= 11 is 0. The molecular formula is C19H22F3N7. The highest BCUT2D eigenvalue weighted by Crippen LogP contribution is 2.45. The van der Waals surface area contributed by atoms with Crippen LogP contribution in [0.2, 0.25) is 0 Å². The van der Waals surface area contributed by atoms with Crippen LogP contribution in [0.1, 0.15) is 24.1 Å². The van der Waals surface area contributed by atoms with Crippen LogP contribution < -0.4 is 16.4 Å². The standard InChI is InChI=1S/C19H22F3N7/c1-24-9-15(22)16(29-11-23)12-7-26-18(27-8-12)28-10-19(5-13(20)6-19)17-14(21)3-2-4-25-17/h2-4,7-9,13,29H,5-6,10-11,23H2,1H3,(H,26,27,28). The lowest BCUT2D eigenvalue weighted by molar-refractivity contribution is 0.0963. The second kappa shape index (κ2) is 8.99. The Labute approximate surface area is 166 Å². The zero-order valence-electron chi connectivity index (χ0n) is 15.9. The molecule has 2 aromatic rings. The summed E-state index contributed by atoms with van der Waals surface area (Å²) in [6.07, 6.45) is 4.72. The van der Waals surface area contributed by atoms with Gasteiger partial charge in [-0.15, -0.1) is 0 Å². The van der Waals surface area contributed by atoms with Crippen molar-refractivity contribution >= 4 is 17.9 Å². The molecule has 2 heterocycles. The Morgan fingerprint density at radius 2 is 2.07 bits per heavy atom. The number of nitrogens with one attached hydrogen (secondary N) is 2. The van der Waals surface area contributed by atoms with Gasteiger partial charge in [0.1, 0.15) is 12.0 Å². The number of anilines is 1. The number of alkyl halides is 1. The van der Waals surface area contributed by atoms with Crippen LogP contribution in [0.15, 0.2) is 41.5 Å². The first-order valence-corrected chi connectivity index (χ1v) is 9.06. The summed E-state index contributed by atoms with van der Waals surface area (Å²) in [5.74, 6) is -0.813. The van der Waals surface area contributed by atoms with Crippen LogP contribution in [0.5, 0.6) is 0 Å². The first kappa shape index (κ1) is 20.7. The summed E-state index contributed by atoms with van der Waals surface area (Å²) in [7, 11) is 1.45. The number of pyridine rings is 1. The molecule has 1 aliphatic rings. The van der Waals surface area contributed by atoms with Gasteiger partial charge in [0.25, 0.3) is 0 Å². The number of nitrogens with zero attached hydrogens (tertiary/aromatic N) is 4. The molecule has 4 N–H and O–H groups in total. The fourth-order valence-electron chi connectivity index (χ4n) is 3.39. The van der Waals surface area contributed by atoms with Crippen LogP contribution in [0.4, 0.5) is 19.1 Å². The van der Waals surface area contributed by atoms with Crippen LogP contribution >= 0.6 is 0 Å². The zero-order chi connectivity index (χ0) is 20.9. The number of aromatic nitrogens is 3. The van der Waals surface area contributed by atoms with Gasteiger partial charge in [0.2, 0.25) is 5.95 Å². The predicted octanol–water partition coefficient (Wildman–Crippen LogP) is 2.34. The van der Waals surface area contributed by atoms with Gasteiger partial charge < -0.3 is 16.4 Å². The SMILES string of the molecule is CN=CC(F)=C(NCN)c1cnc(NCC2(c3ncccc3F)CC(F)C2)nc1. The Kier molecular flexibility index (Phi) is 6.42. The second-order valence-electron chi connectivity index (χ2n) is 6.76. The molecule has 2 aromatic heterocycles. The van der Waals surface area contributed by atoms with Gasteiger partial charge in [-0.25, -0.2) is 23.1 Å². The van der Waals surface area contributed by atoms with Crippen molar-refractivity contribution in [1.82, 2.24) is 20.3 Å². The maximum absolute atomic E-state index is 14.2. The van der Waals surface area contributed by atoms with Crippen LogP contribution in [-0.2, 0) is 5.41 Å². The number of nitrogens with two attached hydrogens (primary N) is 1. The third-order valence-electron chi connectivity index (χ3n) is 4.77.